The molecule has 1 N–H and O–H groups in total. The van der Waals surface area contributed by atoms with Gasteiger partial charge in [0.15, 0.2) is 0 Å². The maximum Gasteiger partial charge on any atom is 0.287 e. The first-order valence-electron chi connectivity index (χ1n) is 4.58. The molecule has 0 aliphatic carbocycles. The lowest BCUT2D eigenvalue weighted by atomic mass is 10.3. The number of rotatable bonds is 3. The molecule has 0 radical (unpaired) electrons. The molecule has 0 spiro atoms. The van der Waals surface area contributed by atoms with Gasteiger partial charge in [-0.3, -0.25) is 4.79 Å². The van der Waals surface area contributed by atoms with E-state index in [1.807, 2.05) is 20.8 Å². The van der Waals surface area contributed by atoms with E-state index in [1.165, 1.54) is 4.68 Å². The number of aryl methyl sites for hydroxylation is 1. The molecular formula is C9H14ClN3O. The molecule has 1 heterocycles. The molecule has 0 amide bonds. The summed E-state index contributed by atoms with van der Waals surface area (Å²) in [5.74, 6) is 0. The van der Waals surface area contributed by atoms with Gasteiger partial charge in [0.25, 0.3) is 5.56 Å². The van der Waals surface area contributed by atoms with Gasteiger partial charge in [-0.1, -0.05) is 11.6 Å². The predicted molar refractivity (Wildman–Crippen MR) is 57.9 cm³/mol. The van der Waals surface area contributed by atoms with Crippen LogP contribution in [0.2, 0.25) is 5.02 Å². The molecule has 0 aliphatic rings. The average molecular weight is 216 g/mol. The van der Waals surface area contributed by atoms with Crippen LogP contribution in [0.5, 0.6) is 0 Å². The van der Waals surface area contributed by atoms with E-state index >= 15 is 0 Å². The van der Waals surface area contributed by atoms with Crippen LogP contribution in [-0.2, 0) is 6.54 Å². The van der Waals surface area contributed by atoms with E-state index in [9.17, 15) is 4.79 Å². The predicted octanol–water partition coefficient (Wildman–Crippen LogP) is 1.74. The smallest absolute Gasteiger partial charge is 0.287 e. The minimum absolute atomic E-state index is 0.204. The Kier molecular flexibility index (Phi) is 3.52. The van der Waals surface area contributed by atoms with Crippen molar-refractivity contribution >= 4 is 17.3 Å². The van der Waals surface area contributed by atoms with Crippen molar-refractivity contribution in [1.29, 1.82) is 0 Å². The lowest BCUT2D eigenvalue weighted by Gasteiger charge is -2.11. The minimum atomic E-state index is -0.250. The maximum absolute atomic E-state index is 11.5. The third-order valence-electron chi connectivity index (χ3n) is 1.73. The fourth-order valence-electron chi connectivity index (χ4n) is 1.10. The van der Waals surface area contributed by atoms with Crippen molar-refractivity contribution in [1.82, 2.24) is 9.78 Å². The van der Waals surface area contributed by atoms with Gasteiger partial charge in [-0.25, -0.2) is 4.68 Å². The molecule has 1 aromatic heterocycles. The fourth-order valence-corrected chi connectivity index (χ4v) is 1.30. The SMILES string of the molecule is CCn1ncc(NC(C)C)c(Cl)c1=O. The topological polar surface area (TPSA) is 46.9 Å². The van der Waals surface area contributed by atoms with Crippen molar-refractivity contribution in [3.05, 3.63) is 21.6 Å². The van der Waals surface area contributed by atoms with E-state index in [1.54, 1.807) is 6.20 Å². The zero-order chi connectivity index (χ0) is 10.7. The first-order chi connectivity index (χ1) is 6.56. The highest BCUT2D eigenvalue weighted by molar-refractivity contribution is 6.32. The van der Waals surface area contributed by atoms with E-state index in [2.05, 4.69) is 10.4 Å². The molecule has 1 aromatic rings. The van der Waals surface area contributed by atoms with Gasteiger partial charge in [-0.2, -0.15) is 5.10 Å². The standard InChI is InChI=1S/C9H14ClN3O/c1-4-13-9(14)8(10)7(5-11-13)12-6(2)3/h5-6,12H,4H2,1-3H3. The van der Waals surface area contributed by atoms with E-state index < -0.39 is 0 Å². The number of hydrogen-bond donors (Lipinski definition) is 1. The first kappa shape index (κ1) is 11.0. The molecule has 0 bridgehead atoms. The van der Waals surface area contributed by atoms with Crippen molar-refractivity contribution in [3.8, 4) is 0 Å². The van der Waals surface area contributed by atoms with E-state index in [0.717, 1.165) is 0 Å². The monoisotopic (exact) mass is 215 g/mol. The zero-order valence-electron chi connectivity index (χ0n) is 8.54. The highest BCUT2D eigenvalue weighted by Gasteiger charge is 2.08. The van der Waals surface area contributed by atoms with E-state index in [-0.39, 0.29) is 16.6 Å². The molecule has 0 unspecified atom stereocenters. The normalized spacial score (nSPS) is 10.6. The molecule has 78 valence electrons. The molecule has 1 rings (SSSR count). The summed E-state index contributed by atoms with van der Waals surface area (Å²) in [7, 11) is 0. The summed E-state index contributed by atoms with van der Waals surface area (Å²) in [6, 6.07) is 0.228. The quantitative estimate of drug-likeness (QED) is 0.836. The number of nitrogens with zero attached hydrogens (tertiary/aromatic N) is 2. The molecule has 0 aromatic carbocycles. The Morgan fingerprint density at radius 2 is 2.29 bits per heavy atom. The molecule has 4 nitrogen and oxygen atoms in total. The largest absolute Gasteiger partial charge is 0.380 e. The summed E-state index contributed by atoms with van der Waals surface area (Å²) in [6.45, 7) is 6.32. The van der Waals surface area contributed by atoms with Gasteiger partial charge >= 0.3 is 0 Å². The Morgan fingerprint density at radius 3 is 2.79 bits per heavy atom. The van der Waals surface area contributed by atoms with Crippen LogP contribution in [0.1, 0.15) is 20.8 Å². The van der Waals surface area contributed by atoms with Gasteiger partial charge < -0.3 is 5.32 Å². The Balaban J connectivity index is 3.11. The summed E-state index contributed by atoms with van der Waals surface area (Å²) >= 11 is 5.89. The number of nitrogens with one attached hydrogen (secondary N) is 1. The molecule has 0 aliphatic heterocycles. The summed E-state index contributed by atoms with van der Waals surface area (Å²) in [4.78, 5) is 11.5. The van der Waals surface area contributed by atoms with Gasteiger partial charge in [-0.05, 0) is 20.8 Å². The maximum atomic E-state index is 11.5. The molecule has 14 heavy (non-hydrogen) atoms. The number of aromatic nitrogens is 2. The zero-order valence-corrected chi connectivity index (χ0v) is 9.30. The second-order valence-corrected chi connectivity index (χ2v) is 3.67. The van der Waals surface area contributed by atoms with Crippen LogP contribution in [0.4, 0.5) is 5.69 Å². The molecule has 0 fully saturated rings. The van der Waals surface area contributed by atoms with Gasteiger partial charge in [-0.15, -0.1) is 0 Å². The molecule has 5 heteroatoms. The average Bonchev–Trinajstić information content (AvgIpc) is 2.13. The lowest BCUT2D eigenvalue weighted by molar-refractivity contribution is 0.616. The van der Waals surface area contributed by atoms with Crippen molar-refractivity contribution < 1.29 is 0 Å². The Morgan fingerprint density at radius 1 is 1.64 bits per heavy atom. The number of halogens is 1. The number of anilines is 1. The van der Waals surface area contributed by atoms with Gasteiger partial charge in [0.05, 0.1) is 11.9 Å². The number of hydrogen-bond acceptors (Lipinski definition) is 3. The fraction of sp³-hybridized carbons (Fsp3) is 0.556. The van der Waals surface area contributed by atoms with Crippen LogP contribution < -0.4 is 10.9 Å². The van der Waals surface area contributed by atoms with Gasteiger partial charge in [0, 0.05) is 12.6 Å². The summed E-state index contributed by atoms with van der Waals surface area (Å²) in [5.41, 5.74) is 0.344. The van der Waals surface area contributed by atoms with Gasteiger partial charge in [0.1, 0.15) is 5.02 Å². The molecular weight excluding hydrogens is 202 g/mol. The summed E-state index contributed by atoms with van der Waals surface area (Å²) in [5, 5.41) is 7.23. The highest BCUT2D eigenvalue weighted by atomic mass is 35.5. The van der Waals surface area contributed by atoms with Crippen molar-refractivity contribution in [2.45, 2.75) is 33.4 Å². The molecule has 0 atom stereocenters. The summed E-state index contributed by atoms with van der Waals surface area (Å²) in [6.07, 6.45) is 1.58. The van der Waals surface area contributed by atoms with Crippen LogP contribution in [0.15, 0.2) is 11.0 Å². The second-order valence-electron chi connectivity index (χ2n) is 3.29. The van der Waals surface area contributed by atoms with Gasteiger partial charge in [0.2, 0.25) is 0 Å². The van der Waals surface area contributed by atoms with E-state index in [4.69, 9.17) is 11.6 Å². The lowest BCUT2D eigenvalue weighted by Crippen LogP contribution is -2.24. The van der Waals surface area contributed by atoms with Crippen molar-refractivity contribution in [2.24, 2.45) is 0 Å². The van der Waals surface area contributed by atoms with Crippen molar-refractivity contribution in [2.75, 3.05) is 5.32 Å². The third-order valence-corrected chi connectivity index (χ3v) is 2.09. The minimum Gasteiger partial charge on any atom is -0.380 e. The van der Waals surface area contributed by atoms with Crippen LogP contribution >= 0.6 is 11.6 Å². The second kappa shape index (κ2) is 4.46. The Hall–Kier alpha value is -1.03. The third kappa shape index (κ3) is 2.26. The van der Waals surface area contributed by atoms with Crippen LogP contribution in [-0.4, -0.2) is 15.8 Å². The van der Waals surface area contributed by atoms with Crippen LogP contribution in [0.25, 0.3) is 0 Å². The molecule has 0 saturated heterocycles. The Bertz CT molecular complexity index is 373. The Labute approximate surface area is 87.9 Å². The van der Waals surface area contributed by atoms with Crippen LogP contribution in [0.3, 0.4) is 0 Å². The molecule has 0 saturated carbocycles. The first-order valence-corrected chi connectivity index (χ1v) is 4.96. The van der Waals surface area contributed by atoms with Crippen LogP contribution in [0, 0.1) is 0 Å². The summed E-state index contributed by atoms with van der Waals surface area (Å²) < 4.78 is 1.33. The highest BCUT2D eigenvalue weighted by Crippen LogP contribution is 2.15. The van der Waals surface area contributed by atoms with Crippen molar-refractivity contribution in [3.63, 3.8) is 0 Å². The van der Waals surface area contributed by atoms with E-state index in [0.29, 0.717) is 12.2 Å².